The third-order valence-corrected chi connectivity index (χ3v) is 2.22. The van der Waals surface area contributed by atoms with Crippen molar-refractivity contribution >= 4 is 18.5 Å². The quantitative estimate of drug-likeness (QED) is 0.615. The van der Waals surface area contributed by atoms with Crippen LogP contribution in [0, 0.1) is 5.92 Å². The minimum atomic E-state index is 0.0430. The lowest BCUT2D eigenvalue weighted by Crippen LogP contribution is -2.33. The van der Waals surface area contributed by atoms with Crippen LogP contribution in [-0.4, -0.2) is 17.7 Å². The first-order chi connectivity index (χ1) is 5.22. The Labute approximate surface area is 73.2 Å². The molecule has 1 aliphatic rings. The number of carbonyl (C=O) groups is 1. The highest BCUT2D eigenvalue weighted by molar-refractivity contribution is 7.81. The average Bonchev–Trinajstić information content (AvgIpc) is 2.71. The zero-order chi connectivity index (χ0) is 8.27. The van der Waals surface area contributed by atoms with Crippen molar-refractivity contribution in [3.05, 3.63) is 0 Å². The van der Waals surface area contributed by atoms with E-state index in [0.717, 1.165) is 12.3 Å². The smallest absolute Gasteiger partial charge is 0.229 e. The SMILES string of the molecule is CC(CC1CC1)NC(=O)CS. The van der Waals surface area contributed by atoms with Crippen LogP contribution in [0.15, 0.2) is 0 Å². The normalized spacial score (nSPS) is 19.5. The summed E-state index contributed by atoms with van der Waals surface area (Å²) in [6.07, 6.45) is 3.84. The first-order valence-corrected chi connectivity index (χ1v) is 4.76. The van der Waals surface area contributed by atoms with E-state index in [2.05, 4.69) is 24.9 Å². The van der Waals surface area contributed by atoms with Crippen LogP contribution in [0.5, 0.6) is 0 Å². The summed E-state index contributed by atoms with van der Waals surface area (Å²) in [5, 5.41) is 2.89. The molecule has 0 aromatic rings. The van der Waals surface area contributed by atoms with Gasteiger partial charge in [0.15, 0.2) is 0 Å². The standard InChI is InChI=1S/C8H15NOS/c1-6(4-7-2-3-7)9-8(10)5-11/h6-7,11H,2-5H2,1H3,(H,9,10). The molecular weight excluding hydrogens is 158 g/mol. The van der Waals surface area contributed by atoms with Gasteiger partial charge in [-0.1, -0.05) is 12.8 Å². The fourth-order valence-electron chi connectivity index (χ4n) is 1.23. The van der Waals surface area contributed by atoms with Crippen LogP contribution >= 0.6 is 12.6 Å². The number of nitrogens with one attached hydrogen (secondary N) is 1. The van der Waals surface area contributed by atoms with Crippen molar-refractivity contribution < 1.29 is 4.79 Å². The van der Waals surface area contributed by atoms with Crippen LogP contribution in [0.3, 0.4) is 0 Å². The van der Waals surface area contributed by atoms with Crippen molar-refractivity contribution in [2.45, 2.75) is 32.2 Å². The molecule has 11 heavy (non-hydrogen) atoms. The Balaban J connectivity index is 2.08. The second-order valence-corrected chi connectivity index (χ2v) is 3.62. The number of carbonyl (C=O) groups excluding carboxylic acids is 1. The van der Waals surface area contributed by atoms with E-state index in [0.29, 0.717) is 11.8 Å². The number of rotatable bonds is 4. The molecule has 2 nitrogen and oxygen atoms in total. The summed E-state index contributed by atoms with van der Waals surface area (Å²) in [5.41, 5.74) is 0. The van der Waals surface area contributed by atoms with Crippen molar-refractivity contribution in [3.8, 4) is 0 Å². The van der Waals surface area contributed by atoms with Gasteiger partial charge in [-0.2, -0.15) is 12.6 Å². The van der Waals surface area contributed by atoms with E-state index in [1.165, 1.54) is 12.8 Å². The molecule has 0 spiro atoms. The summed E-state index contributed by atoms with van der Waals surface area (Å²) in [4.78, 5) is 10.8. The van der Waals surface area contributed by atoms with Crippen molar-refractivity contribution in [2.24, 2.45) is 5.92 Å². The van der Waals surface area contributed by atoms with Crippen LogP contribution in [0.25, 0.3) is 0 Å². The van der Waals surface area contributed by atoms with E-state index in [9.17, 15) is 4.79 Å². The summed E-state index contributed by atoms with van der Waals surface area (Å²) in [5.74, 6) is 1.22. The zero-order valence-electron chi connectivity index (χ0n) is 6.84. The van der Waals surface area contributed by atoms with Crippen molar-refractivity contribution in [1.82, 2.24) is 5.32 Å². The van der Waals surface area contributed by atoms with Crippen molar-refractivity contribution in [1.29, 1.82) is 0 Å². The van der Waals surface area contributed by atoms with Crippen LogP contribution in [0.1, 0.15) is 26.2 Å². The molecule has 1 unspecified atom stereocenters. The van der Waals surface area contributed by atoms with E-state index in [4.69, 9.17) is 0 Å². The molecule has 1 rings (SSSR count). The molecule has 1 fully saturated rings. The highest BCUT2D eigenvalue weighted by Gasteiger charge is 2.23. The fourth-order valence-corrected chi connectivity index (χ4v) is 1.32. The van der Waals surface area contributed by atoms with Crippen LogP contribution < -0.4 is 5.32 Å². The lowest BCUT2D eigenvalue weighted by atomic mass is 10.1. The largest absolute Gasteiger partial charge is 0.353 e. The van der Waals surface area contributed by atoms with E-state index in [-0.39, 0.29) is 5.91 Å². The zero-order valence-corrected chi connectivity index (χ0v) is 7.73. The minimum absolute atomic E-state index is 0.0430. The second kappa shape index (κ2) is 4.00. The molecule has 0 aliphatic heterocycles. The Morgan fingerprint density at radius 3 is 2.82 bits per heavy atom. The maximum atomic E-state index is 10.8. The van der Waals surface area contributed by atoms with Gasteiger partial charge in [-0.25, -0.2) is 0 Å². The molecule has 0 heterocycles. The molecule has 0 aromatic carbocycles. The number of amides is 1. The molecule has 64 valence electrons. The number of hydrogen-bond acceptors (Lipinski definition) is 2. The van der Waals surface area contributed by atoms with Gasteiger partial charge in [-0.3, -0.25) is 4.79 Å². The van der Waals surface area contributed by atoms with Gasteiger partial charge in [0.1, 0.15) is 0 Å². The van der Waals surface area contributed by atoms with E-state index < -0.39 is 0 Å². The lowest BCUT2D eigenvalue weighted by molar-refractivity contribution is -0.119. The summed E-state index contributed by atoms with van der Waals surface area (Å²) < 4.78 is 0. The Morgan fingerprint density at radius 2 is 2.36 bits per heavy atom. The maximum Gasteiger partial charge on any atom is 0.229 e. The first kappa shape index (κ1) is 8.91. The molecule has 0 radical (unpaired) electrons. The molecule has 0 bridgehead atoms. The lowest BCUT2D eigenvalue weighted by Gasteiger charge is -2.11. The minimum Gasteiger partial charge on any atom is -0.353 e. The summed E-state index contributed by atoms with van der Waals surface area (Å²) in [6.45, 7) is 2.06. The first-order valence-electron chi connectivity index (χ1n) is 4.12. The van der Waals surface area contributed by atoms with Gasteiger partial charge in [0.2, 0.25) is 5.91 Å². The van der Waals surface area contributed by atoms with Crippen LogP contribution in [0.2, 0.25) is 0 Å². The highest BCUT2D eigenvalue weighted by atomic mass is 32.1. The Hall–Kier alpha value is -0.180. The molecule has 1 atom stereocenters. The Morgan fingerprint density at radius 1 is 1.73 bits per heavy atom. The monoisotopic (exact) mass is 173 g/mol. The van der Waals surface area contributed by atoms with Gasteiger partial charge in [0, 0.05) is 6.04 Å². The number of thiol groups is 1. The van der Waals surface area contributed by atoms with Crippen LogP contribution in [-0.2, 0) is 4.79 Å². The third kappa shape index (κ3) is 3.65. The predicted molar refractivity (Wildman–Crippen MR) is 48.8 cm³/mol. The average molecular weight is 173 g/mol. The second-order valence-electron chi connectivity index (χ2n) is 3.31. The third-order valence-electron chi connectivity index (χ3n) is 1.93. The molecule has 1 aliphatic carbocycles. The molecule has 0 aromatic heterocycles. The Kier molecular flexibility index (Phi) is 3.24. The van der Waals surface area contributed by atoms with Gasteiger partial charge >= 0.3 is 0 Å². The Bertz CT molecular complexity index is 145. The van der Waals surface area contributed by atoms with Gasteiger partial charge < -0.3 is 5.32 Å². The topological polar surface area (TPSA) is 29.1 Å². The molecule has 0 saturated heterocycles. The molecule has 1 N–H and O–H groups in total. The summed E-state index contributed by atoms with van der Waals surface area (Å²) in [6, 6.07) is 0.335. The van der Waals surface area contributed by atoms with Gasteiger partial charge in [-0.15, -0.1) is 0 Å². The van der Waals surface area contributed by atoms with Gasteiger partial charge in [0.05, 0.1) is 5.75 Å². The number of hydrogen-bond donors (Lipinski definition) is 2. The van der Waals surface area contributed by atoms with Gasteiger partial charge in [-0.05, 0) is 19.3 Å². The summed E-state index contributed by atoms with van der Waals surface area (Å²) >= 11 is 3.88. The fraction of sp³-hybridized carbons (Fsp3) is 0.875. The summed E-state index contributed by atoms with van der Waals surface area (Å²) in [7, 11) is 0. The van der Waals surface area contributed by atoms with Crippen molar-refractivity contribution in [3.63, 3.8) is 0 Å². The molecule has 1 saturated carbocycles. The highest BCUT2D eigenvalue weighted by Crippen LogP contribution is 2.33. The predicted octanol–water partition coefficient (Wildman–Crippen LogP) is 1.22. The molecule has 3 heteroatoms. The molecular formula is C8H15NOS. The van der Waals surface area contributed by atoms with Crippen molar-refractivity contribution in [2.75, 3.05) is 5.75 Å². The van der Waals surface area contributed by atoms with Gasteiger partial charge in [0.25, 0.3) is 0 Å². The maximum absolute atomic E-state index is 10.8. The van der Waals surface area contributed by atoms with E-state index >= 15 is 0 Å². The van der Waals surface area contributed by atoms with E-state index in [1.807, 2.05) is 0 Å². The van der Waals surface area contributed by atoms with Crippen LogP contribution in [0.4, 0.5) is 0 Å². The van der Waals surface area contributed by atoms with E-state index in [1.54, 1.807) is 0 Å². The molecule has 1 amide bonds.